The molecule has 1 aromatic rings. The molecule has 0 aromatic carbocycles. The number of nitrogens with one attached hydrogen (secondary N) is 1. The van der Waals surface area contributed by atoms with E-state index < -0.39 is 16.6 Å². The smallest absolute Gasteiger partial charge is 0.406 e. The number of nitro groups is 1. The summed E-state index contributed by atoms with van der Waals surface area (Å²) in [4.78, 5) is 24.6. The standard InChI is InChI=1S/C10H9N3O4/c1-2-5-11-9(14)7-17-8-4-3-6-12-10(8)13(15)16/h1,3-4,6H,5,7H2,(H,11,14). The maximum atomic E-state index is 11.1. The van der Waals surface area contributed by atoms with Gasteiger partial charge in [-0.2, -0.15) is 0 Å². The number of rotatable bonds is 5. The molecule has 0 saturated heterocycles. The van der Waals surface area contributed by atoms with E-state index in [9.17, 15) is 14.9 Å². The second kappa shape index (κ2) is 6.07. The molecular weight excluding hydrogens is 226 g/mol. The zero-order valence-electron chi connectivity index (χ0n) is 8.75. The molecule has 0 spiro atoms. The molecule has 1 heterocycles. The molecule has 0 aliphatic rings. The SMILES string of the molecule is C#CCNC(=O)COc1cccnc1[N+](=O)[O-]. The fourth-order valence-corrected chi connectivity index (χ4v) is 0.976. The number of carbonyl (C=O) groups is 1. The van der Waals surface area contributed by atoms with Crippen molar-refractivity contribution < 1.29 is 14.5 Å². The summed E-state index contributed by atoms with van der Waals surface area (Å²) < 4.78 is 4.97. The Bertz CT molecular complexity index is 467. The molecule has 0 atom stereocenters. The molecule has 0 aliphatic carbocycles. The van der Waals surface area contributed by atoms with Gasteiger partial charge in [0.15, 0.2) is 6.61 Å². The monoisotopic (exact) mass is 235 g/mol. The lowest BCUT2D eigenvalue weighted by molar-refractivity contribution is -0.390. The van der Waals surface area contributed by atoms with Crippen LogP contribution in [0.1, 0.15) is 0 Å². The number of aromatic nitrogens is 1. The average molecular weight is 235 g/mol. The predicted molar refractivity (Wildman–Crippen MR) is 58.2 cm³/mol. The third kappa shape index (κ3) is 3.79. The first-order valence-electron chi connectivity index (χ1n) is 4.57. The van der Waals surface area contributed by atoms with Crippen LogP contribution in [0.25, 0.3) is 0 Å². The van der Waals surface area contributed by atoms with Crippen LogP contribution in [0.3, 0.4) is 0 Å². The molecule has 0 aliphatic heterocycles. The second-order valence-electron chi connectivity index (χ2n) is 2.85. The van der Waals surface area contributed by atoms with Crippen LogP contribution in [-0.2, 0) is 4.79 Å². The molecular formula is C10H9N3O4. The molecule has 1 rings (SSSR count). The number of hydrogen-bond donors (Lipinski definition) is 1. The Morgan fingerprint density at radius 1 is 1.71 bits per heavy atom. The van der Waals surface area contributed by atoms with Crippen LogP contribution in [0.4, 0.5) is 5.82 Å². The first-order chi connectivity index (χ1) is 8.15. The van der Waals surface area contributed by atoms with Crippen LogP contribution < -0.4 is 10.1 Å². The van der Waals surface area contributed by atoms with Crippen LogP contribution in [0, 0.1) is 22.5 Å². The third-order valence-corrected chi connectivity index (χ3v) is 1.67. The Balaban J connectivity index is 2.61. The van der Waals surface area contributed by atoms with Gasteiger partial charge in [0.05, 0.1) is 6.54 Å². The minimum Gasteiger partial charge on any atom is -0.476 e. The van der Waals surface area contributed by atoms with E-state index in [1.54, 1.807) is 0 Å². The van der Waals surface area contributed by atoms with Crippen LogP contribution in [0.2, 0.25) is 0 Å². The van der Waals surface area contributed by atoms with Crippen molar-refractivity contribution in [2.75, 3.05) is 13.2 Å². The van der Waals surface area contributed by atoms with Gasteiger partial charge < -0.3 is 20.2 Å². The van der Waals surface area contributed by atoms with E-state index in [1.165, 1.54) is 18.3 Å². The molecule has 17 heavy (non-hydrogen) atoms. The van der Waals surface area contributed by atoms with E-state index >= 15 is 0 Å². The molecule has 0 unspecified atom stereocenters. The molecule has 1 N–H and O–H groups in total. The van der Waals surface area contributed by atoms with E-state index in [2.05, 4.69) is 16.2 Å². The van der Waals surface area contributed by atoms with Crippen molar-refractivity contribution in [1.29, 1.82) is 0 Å². The highest BCUT2D eigenvalue weighted by Gasteiger charge is 2.16. The highest BCUT2D eigenvalue weighted by atomic mass is 16.6. The zero-order valence-corrected chi connectivity index (χ0v) is 8.75. The topological polar surface area (TPSA) is 94.4 Å². The number of ether oxygens (including phenoxy) is 1. The first-order valence-corrected chi connectivity index (χ1v) is 4.57. The minimum atomic E-state index is -0.686. The molecule has 7 heteroatoms. The summed E-state index contributed by atoms with van der Waals surface area (Å²) in [6, 6.07) is 2.83. The van der Waals surface area contributed by atoms with Crippen LogP contribution in [0.5, 0.6) is 5.75 Å². The molecule has 0 fully saturated rings. The van der Waals surface area contributed by atoms with E-state index in [0.717, 1.165) is 0 Å². The third-order valence-electron chi connectivity index (χ3n) is 1.67. The fourth-order valence-electron chi connectivity index (χ4n) is 0.976. The highest BCUT2D eigenvalue weighted by Crippen LogP contribution is 2.22. The summed E-state index contributed by atoms with van der Waals surface area (Å²) in [7, 11) is 0. The van der Waals surface area contributed by atoms with Gasteiger partial charge in [0.2, 0.25) is 5.75 Å². The predicted octanol–water partition coefficient (Wildman–Crippen LogP) is 0.118. The van der Waals surface area contributed by atoms with Gasteiger partial charge in [0, 0.05) is 0 Å². The van der Waals surface area contributed by atoms with Crippen molar-refractivity contribution in [3.05, 3.63) is 28.4 Å². The summed E-state index contributed by atoms with van der Waals surface area (Å²) in [6.07, 6.45) is 6.21. The number of hydrogen-bond acceptors (Lipinski definition) is 5. The van der Waals surface area contributed by atoms with Crippen LogP contribution in [0.15, 0.2) is 18.3 Å². The largest absolute Gasteiger partial charge is 0.476 e. The van der Waals surface area contributed by atoms with Gasteiger partial charge in [-0.15, -0.1) is 6.42 Å². The normalized spacial score (nSPS) is 9.12. The summed E-state index contributed by atoms with van der Waals surface area (Å²) in [6.45, 7) is -0.272. The summed E-state index contributed by atoms with van der Waals surface area (Å²) >= 11 is 0. The van der Waals surface area contributed by atoms with Crippen molar-refractivity contribution in [1.82, 2.24) is 10.3 Å². The summed E-state index contributed by atoms with van der Waals surface area (Å²) in [5.41, 5.74) is 0. The molecule has 1 aromatic heterocycles. The minimum absolute atomic E-state index is 0.0617. The average Bonchev–Trinajstić information content (AvgIpc) is 2.34. The Morgan fingerprint density at radius 2 is 2.47 bits per heavy atom. The van der Waals surface area contributed by atoms with E-state index in [0.29, 0.717) is 0 Å². The fraction of sp³-hybridized carbons (Fsp3) is 0.200. The van der Waals surface area contributed by atoms with Gasteiger partial charge in [0.25, 0.3) is 5.91 Å². The van der Waals surface area contributed by atoms with Crippen molar-refractivity contribution in [3.63, 3.8) is 0 Å². The number of pyridine rings is 1. The van der Waals surface area contributed by atoms with Crippen LogP contribution >= 0.6 is 0 Å². The zero-order chi connectivity index (χ0) is 12.7. The van der Waals surface area contributed by atoms with E-state index in [-0.39, 0.29) is 18.9 Å². The van der Waals surface area contributed by atoms with Gasteiger partial charge in [0.1, 0.15) is 6.20 Å². The van der Waals surface area contributed by atoms with Crippen molar-refractivity contribution in [2.24, 2.45) is 0 Å². The lowest BCUT2D eigenvalue weighted by atomic mass is 10.4. The molecule has 0 saturated carbocycles. The van der Waals surface area contributed by atoms with Crippen LogP contribution in [-0.4, -0.2) is 29.0 Å². The number of amides is 1. The lowest BCUT2D eigenvalue weighted by Crippen LogP contribution is -2.29. The van der Waals surface area contributed by atoms with Crippen molar-refractivity contribution in [3.8, 4) is 18.1 Å². The van der Waals surface area contributed by atoms with Crippen molar-refractivity contribution >= 4 is 11.7 Å². The lowest BCUT2D eigenvalue weighted by Gasteiger charge is -2.05. The molecule has 0 bridgehead atoms. The van der Waals surface area contributed by atoms with Gasteiger partial charge in [-0.25, -0.2) is 0 Å². The second-order valence-corrected chi connectivity index (χ2v) is 2.85. The maximum absolute atomic E-state index is 11.1. The van der Waals surface area contributed by atoms with Gasteiger partial charge in [-0.3, -0.25) is 4.79 Å². The molecule has 88 valence electrons. The Hall–Kier alpha value is -2.62. The summed E-state index contributed by atoms with van der Waals surface area (Å²) in [5.74, 6) is 1.27. The highest BCUT2D eigenvalue weighted by molar-refractivity contribution is 5.77. The molecule has 0 radical (unpaired) electrons. The number of nitrogens with zero attached hydrogens (tertiary/aromatic N) is 2. The molecule has 1 amide bonds. The maximum Gasteiger partial charge on any atom is 0.406 e. The van der Waals surface area contributed by atoms with Gasteiger partial charge in [-0.1, -0.05) is 5.92 Å². The Kier molecular flexibility index (Phi) is 4.45. The molecule has 7 nitrogen and oxygen atoms in total. The van der Waals surface area contributed by atoms with Gasteiger partial charge >= 0.3 is 5.82 Å². The van der Waals surface area contributed by atoms with E-state index in [1.807, 2.05) is 0 Å². The summed E-state index contributed by atoms with van der Waals surface area (Å²) in [5, 5.41) is 12.9. The quantitative estimate of drug-likeness (QED) is 0.444. The van der Waals surface area contributed by atoms with E-state index in [4.69, 9.17) is 11.2 Å². The van der Waals surface area contributed by atoms with Crippen molar-refractivity contribution in [2.45, 2.75) is 0 Å². The Labute approximate surface area is 97.0 Å². The van der Waals surface area contributed by atoms with Gasteiger partial charge in [-0.05, 0) is 22.0 Å². The number of terminal acetylenes is 1. The Morgan fingerprint density at radius 3 is 3.12 bits per heavy atom. The number of carbonyl (C=O) groups excluding carboxylic acids is 1. The first kappa shape index (κ1) is 12.4.